The van der Waals surface area contributed by atoms with E-state index in [1.165, 1.54) is 0 Å². The Morgan fingerprint density at radius 3 is 2.27 bits per heavy atom. The Morgan fingerprint density at radius 2 is 1.82 bits per heavy atom. The maximum absolute atomic E-state index is 3.37. The smallest absolute Gasteiger partial charge is 0.0135 e. The second-order valence-corrected chi connectivity index (χ2v) is 4.07. The van der Waals surface area contributed by atoms with Crippen molar-refractivity contribution in [3.05, 3.63) is 12.2 Å². The van der Waals surface area contributed by atoms with Gasteiger partial charge in [0.25, 0.3) is 0 Å². The van der Waals surface area contributed by atoms with Gasteiger partial charge in [-0.25, -0.2) is 0 Å². The van der Waals surface area contributed by atoms with Crippen LogP contribution in [0.3, 0.4) is 0 Å². The summed E-state index contributed by atoms with van der Waals surface area (Å²) in [6.07, 6.45) is 5.51. The molecule has 66 valence electrons. The first kappa shape index (κ1) is 10.7. The minimum Gasteiger partial charge on any atom is -0.313 e. The molecule has 11 heavy (non-hydrogen) atoms. The summed E-state index contributed by atoms with van der Waals surface area (Å²) in [5, 5.41) is 3.37. The number of rotatable bonds is 4. The van der Waals surface area contributed by atoms with Crippen LogP contribution >= 0.6 is 0 Å². The molecule has 0 unspecified atom stereocenters. The molecule has 0 rings (SSSR count). The van der Waals surface area contributed by atoms with Gasteiger partial charge in [-0.2, -0.15) is 0 Å². The highest BCUT2D eigenvalue weighted by atomic mass is 14.9. The molecule has 0 heterocycles. The van der Waals surface area contributed by atoms with Crippen LogP contribution in [0.1, 0.15) is 34.1 Å². The zero-order valence-electron chi connectivity index (χ0n) is 8.28. The van der Waals surface area contributed by atoms with Gasteiger partial charge in [0.1, 0.15) is 0 Å². The van der Waals surface area contributed by atoms with Crippen LogP contribution in [-0.2, 0) is 0 Å². The average molecular weight is 155 g/mol. The molecule has 0 aromatic rings. The molecule has 0 atom stereocenters. The lowest BCUT2D eigenvalue weighted by atomic mass is 9.97. The molecule has 0 fully saturated rings. The summed E-state index contributed by atoms with van der Waals surface area (Å²) < 4.78 is 0. The van der Waals surface area contributed by atoms with Crippen molar-refractivity contribution in [1.82, 2.24) is 5.32 Å². The van der Waals surface area contributed by atoms with E-state index in [1.807, 2.05) is 0 Å². The maximum Gasteiger partial charge on any atom is 0.0135 e. The zero-order chi connectivity index (χ0) is 8.74. The van der Waals surface area contributed by atoms with Crippen molar-refractivity contribution in [3.8, 4) is 0 Å². The van der Waals surface area contributed by atoms with Crippen molar-refractivity contribution >= 4 is 0 Å². The third-order valence-electron chi connectivity index (χ3n) is 1.32. The van der Waals surface area contributed by atoms with Crippen LogP contribution in [0.2, 0.25) is 0 Å². The maximum atomic E-state index is 3.37. The van der Waals surface area contributed by atoms with Gasteiger partial charge in [0.05, 0.1) is 0 Å². The summed E-state index contributed by atoms with van der Waals surface area (Å²) >= 11 is 0. The van der Waals surface area contributed by atoms with E-state index in [-0.39, 0.29) is 0 Å². The summed E-state index contributed by atoms with van der Waals surface area (Å²) in [6.45, 7) is 11.0. The molecule has 0 bridgehead atoms. The first-order valence-electron chi connectivity index (χ1n) is 4.42. The Kier molecular flexibility index (Phi) is 5.22. The van der Waals surface area contributed by atoms with Gasteiger partial charge in [0.2, 0.25) is 0 Å². The number of hydrogen-bond acceptors (Lipinski definition) is 1. The van der Waals surface area contributed by atoms with Crippen molar-refractivity contribution in [2.45, 2.75) is 34.1 Å². The molecule has 1 N–H and O–H groups in total. The van der Waals surface area contributed by atoms with Gasteiger partial charge in [0.15, 0.2) is 0 Å². The lowest BCUT2D eigenvalue weighted by Gasteiger charge is -2.17. The highest BCUT2D eigenvalue weighted by Gasteiger charge is 2.07. The Labute approximate surface area is 70.9 Å². The molecule has 0 aliphatic carbocycles. The average Bonchev–Trinajstić information content (AvgIpc) is 1.85. The standard InChI is InChI=1S/C10H21N/c1-5-6-7-8-11-9-10(2,3)4/h6-7,11H,5,8-9H2,1-4H3/b7-6-. The summed E-state index contributed by atoms with van der Waals surface area (Å²) in [6, 6.07) is 0. The molecule has 0 aromatic carbocycles. The van der Waals surface area contributed by atoms with Crippen LogP contribution in [0, 0.1) is 5.41 Å². The van der Waals surface area contributed by atoms with E-state index in [1.54, 1.807) is 0 Å². The number of nitrogens with one attached hydrogen (secondary N) is 1. The van der Waals surface area contributed by atoms with Crippen molar-refractivity contribution < 1.29 is 0 Å². The predicted molar refractivity (Wildman–Crippen MR) is 51.8 cm³/mol. The largest absolute Gasteiger partial charge is 0.313 e. The van der Waals surface area contributed by atoms with Gasteiger partial charge in [-0.1, -0.05) is 39.8 Å². The summed E-state index contributed by atoms with van der Waals surface area (Å²) in [4.78, 5) is 0. The Hall–Kier alpha value is -0.300. The third kappa shape index (κ3) is 9.70. The fourth-order valence-electron chi connectivity index (χ4n) is 0.781. The second-order valence-electron chi connectivity index (χ2n) is 4.07. The van der Waals surface area contributed by atoms with Gasteiger partial charge in [-0.15, -0.1) is 0 Å². The Balaban J connectivity index is 3.21. The third-order valence-corrected chi connectivity index (χ3v) is 1.32. The normalized spacial score (nSPS) is 12.7. The fraction of sp³-hybridized carbons (Fsp3) is 0.800. The van der Waals surface area contributed by atoms with Crippen LogP contribution in [0.5, 0.6) is 0 Å². The van der Waals surface area contributed by atoms with E-state index in [2.05, 4.69) is 45.2 Å². The predicted octanol–water partition coefficient (Wildman–Crippen LogP) is 2.59. The van der Waals surface area contributed by atoms with Crippen LogP contribution in [0.15, 0.2) is 12.2 Å². The van der Waals surface area contributed by atoms with E-state index in [0.717, 1.165) is 19.5 Å². The lowest BCUT2D eigenvalue weighted by Crippen LogP contribution is -2.26. The van der Waals surface area contributed by atoms with Crippen molar-refractivity contribution in [2.75, 3.05) is 13.1 Å². The van der Waals surface area contributed by atoms with Crippen LogP contribution in [0.25, 0.3) is 0 Å². The van der Waals surface area contributed by atoms with E-state index in [0.29, 0.717) is 5.41 Å². The van der Waals surface area contributed by atoms with E-state index >= 15 is 0 Å². The Morgan fingerprint density at radius 1 is 1.18 bits per heavy atom. The molecular weight excluding hydrogens is 134 g/mol. The molecule has 1 heteroatoms. The van der Waals surface area contributed by atoms with E-state index in [9.17, 15) is 0 Å². The fourth-order valence-corrected chi connectivity index (χ4v) is 0.781. The topological polar surface area (TPSA) is 12.0 Å². The van der Waals surface area contributed by atoms with Gasteiger partial charge >= 0.3 is 0 Å². The minimum atomic E-state index is 0.403. The molecule has 1 nitrogen and oxygen atoms in total. The molecule has 0 amide bonds. The SMILES string of the molecule is CC/C=C\CNCC(C)(C)C. The molecule has 0 spiro atoms. The molecule has 0 saturated heterocycles. The van der Waals surface area contributed by atoms with Crippen molar-refractivity contribution in [2.24, 2.45) is 5.41 Å². The van der Waals surface area contributed by atoms with Crippen LogP contribution in [0.4, 0.5) is 0 Å². The van der Waals surface area contributed by atoms with Crippen LogP contribution < -0.4 is 5.32 Å². The van der Waals surface area contributed by atoms with Crippen LogP contribution in [-0.4, -0.2) is 13.1 Å². The first-order valence-corrected chi connectivity index (χ1v) is 4.42. The highest BCUT2D eigenvalue weighted by Crippen LogP contribution is 2.09. The zero-order valence-corrected chi connectivity index (χ0v) is 8.28. The monoisotopic (exact) mass is 155 g/mol. The van der Waals surface area contributed by atoms with E-state index < -0.39 is 0 Å². The lowest BCUT2D eigenvalue weighted by molar-refractivity contribution is 0.388. The van der Waals surface area contributed by atoms with Gasteiger partial charge in [-0.3, -0.25) is 0 Å². The molecule has 0 aliphatic heterocycles. The van der Waals surface area contributed by atoms with E-state index in [4.69, 9.17) is 0 Å². The summed E-state index contributed by atoms with van der Waals surface area (Å²) in [5.74, 6) is 0. The molecule has 0 aliphatic rings. The van der Waals surface area contributed by atoms with Crippen molar-refractivity contribution in [1.29, 1.82) is 0 Å². The quantitative estimate of drug-likeness (QED) is 0.486. The minimum absolute atomic E-state index is 0.403. The number of hydrogen-bond donors (Lipinski definition) is 1. The second kappa shape index (κ2) is 5.36. The summed E-state index contributed by atoms with van der Waals surface area (Å²) in [5.41, 5.74) is 0.403. The first-order chi connectivity index (χ1) is 5.06. The highest BCUT2D eigenvalue weighted by molar-refractivity contribution is 4.83. The summed E-state index contributed by atoms with van der Waals surface area (Å²) in [7, 11) is 0. The van der Waals surface area contributed by atoms with Crippen molar-refractivity contribution in [3.63, 3.8) is 0 Å². The Bertz CT molecular complexity index is 109. The molecule has 0 aromatic heterocycles. The molecular formula is C10H21N. The van der Waals surface area contributed by atoms with Gasteiger partial charge in [0, 0.05) is 13.1 Å². The molecule has 0 saturated carbocycles. The molecule has 0 radical (unpaired) electrons. The number of allylic oxidation sites excluding steroid dienone is 1. The van der Waals surface area contributed by atoms with Gasteiger partial charge < -0.3 is 5.32 Å². The van der Waals surface area contributed by atoms with Gasteiger partial charge in [-0.05, 0) is 11.8 Å².